The topological polar surface area (TPSA) is 50.8 Å². The minimum Gasteiger partial charge on any atom is -0.493 e. The van der Waals surface area contributed by atoms with E-state index in [0.29, 0.717) is 22.2 Å². The predicted octanol–water partition coefficient (Wildman–Crippen LogP) is 5.79. The van der Waals surface area contributed by atoms with Crippen molar-refractivity contribution in [3.63, 3.8) is 0 Å². The lowest BCUT2D eigenvalue weighted by Crippen LogP contribution is -2.37. The highest BCUT2D eigenvalue weighted by Gasteiger charge is 2.30. The number of nitrogens with zero attached hydrogens (tertiary/aromatic N) is 1. The molecule has 2 aromatic rings. The number of carbonyl (C=O) groups is 1. The second kappa shape index (κ2) is 10.6. The molecule has 1 heterocycles. The molecule has 1 fully saturated rings. The molecule has 0 unspecified atom stereocenters. The van der Waals surface area contributed by atoms with Crippen molar-refractivity contribution in [1.29, 1.82) is 0 Å². The number of halogens is 4. The Balaban J connectivity index is 1.67. The first-order valence-electron chi connectivity index (χ1n) is 10.3. The van der Waals surface area contributed by atoms with Crippen molar-refractivity contribution in [3.05, 3.63) is 52.5 Å². The molecule has 0 spiro atoms. The fourth-order valence-corrected chi connectivity index (χ4v) is 4.05. The lowest BCUT2D eigenvalue weighted by Gasteiger charge is -2.32. The van der Waals surface area contributed by atoms with Crippen LogP contribution in [0.1, 0.15) is 30.9 Å². The van der Waals surface area contributed by atoms with E-state index < -0.39 is 24.3 Å². The van der Waals surface area contributed by atoms with Gasteiger partial charge in [-0.15, -0.1) is 0 Å². The molecule has 0 aliphatic carbocycles. The third kappa shape index (κ3) is 6.51. The Morgan fingerprint density at radius 1 is 1.24 bits per heavy atom. The lowest BCUT2D eigenvalue weighted by atomic mass is 9.99. The first-order valence-corrected chi connectivity index (χ1v) is 11.1. The molecule has 2 aromatic carbocycles. The standard InChI is InChI=1S/C23H24ClF3N2O3S/c1-14-6-8-29(9-7-14)22(33)15-10-18(24)21(19(11-15)31-2)32-13-20(30)28-17-5-3-4-16(12-17)23(25,26)27/h3-5,10-12,14H,6-9,13H2,1-2H3,(H,28,30). The molecule has 1 aliphatic heterocycles. The Morgan fingerprint density at radius 2 is 1.94 bits per heavy atom. The summed E-state index contributed by atoms with van der Waals surface area (Å²) in [6.07, 6.45) is -2.38. The number of alkyl halides is 3. The predicted molar refractivity (Wildman–Crippen MR) is 125 cm³/mol. The molecule has 3 rings (SSSR count). The van der Waals surface area contributed by atoms with Crippen LogP contribution in [0.3, 0.4) is 0 Å². The second-order valence-electron chi connectivity index (χ2n) is 7.88. The zero-order valence-corrected chi connectivity index (χ0v) is 19.7. The maximum absolute atomic E-state index is 12.8. The fourth-order valence-electron chi connectivity index (χ4n) is 3.49. The van der Waals surface area contributed by atoms with Crippen molar-refractivity contribution >= 4 is 40.4 Å². The summed E-state index contributed by atoms with van der Waals surface area (Å²) in [4.78, 5) is 15.0. The van der Waals surface area contributed by atoms with Gasteiger partial charge in [0.1, 0.15) is 4.99 Å². The molecule has 10 heteroatoms. The number of hydrogen-bond donors (Lipinski definition) is 1. The van der Waals surface area contributed by atoms with Crippen LogP contribution in [0.15, 0.2) is 36.4 Å². The Bertz CT molecular complexity index is 1020. The number of rotatable bonds is 6. The quantitative estimate of drug-likeness (QED) is 0.509. The Labute approximate surface area is 200 Å². The Morgan fingerprint density at radius 3 is 2.58 bits per heavy atom. The Hall–Kier alpha value is -2.52. The maximum atomic E-state index is 12.8. The number of ether oxygens (including phenoxy) is 2. The van der Waals surface area contributed by atoms with Gasteiger partial charge in [0.15, 0.2) is 18.1 Å². The first-order chi connectivity index (χ1) is 15.6. The van der Waals surface area contributed by atoms with E-state index >= 15 is 0 Å². The number of anilines is 1. The molecular weight excluding hydrogens is 477 g/mol. The number of benzene rings is 2. The molecule has 5 nitrogen and oxygen atoms in total. The highest BCUT2D eigenvalue weighted by molar-refractivity contribution is 7.80. The molecule has 1 N–H and O–H groups in total. The van der Waals surface area contributed by atoms with Crippen LogP contribution in [0.25, 0.3) is 0 Å². The summed E-state index contributed by atoms with van der Waals surface area (Å²) >= 11 is 12.0. The zero-order chi connectivity index (χ0) is 24.2. The SMILES string of the molecule is COc1cc(C(=S)N2CCC(C)CC2)cc(Cl)c1OCC(=O)Nc1cccc(C(F)(F)F)c1. The van der Waals surface area contributed by atoms with Crippen LogP contribution in [-0.4, -0.2) is 42.6 Å². The summed E-state index contributed by atoms with van der Waals surface area (Å²) in [6, 6.07) is 7.70. The highest BCUT2D eigenvalue weighted by Crippen LogP contribution is 2.37. The van der Waals surface area contributed by atoms with E-state index in [1.54, 1.807) is 12.1 Å². The minimum atomic E-state index is -4.51. The number of nitrogens with one attached hydrogen (secondary N) is 1. The first kappa shape index (κ1) is 25.1. The molecule has 1 amide bonds. The number of methoxy groups -OCH3 is 1. The second-order valence-corrected chi connectivity index (χ2v) is 8.67. The van der Waals surface area contributed by atoms with Crippen LogP contribution < -0.4 is 14.8 Å². The van der Waals surface area contributed by atoms with Gasteiger partial charge in [0.25, 0.3) is 5.91 Å². The summed E-state index contributed by atoms with van der Waals surface area (Å²) in [6.45, 7) is 3.48. The van der Waals surface area contributed by atoms with E-state index in [2.05, 4.69) is 17.1 Å². The fraction of sp³-hybridized carbons (Fsp3) is 0.391. The van der Waals surface area contributed by atoms with Crippen molar-refractivity contribution in [2.45, 2.75) is 25.9 Å². The molecule has 0 saturated carbocycles. The van der Waals surface area contributed by atoms with Crippen LogP contribution >= 0.6 is 23.8 Å². The minimum absolute atomic E-state index is 0.00744. The van der Waals surface area contributed by atoms with Crippen LogP contribution in [0.5, 0.6) is 11.5 Å². The van der Waals surface area contributed by atoms with E-state index in [9.17, 15) is 18.0 Å². The van der Waals surface area contributed by atoms with Crippen molar-refractivity contribution in [1.82, 2.24) is 4.90 Å². The smallest absolute Gasteiger partial charge is 0.416 e. The van der Waals surface area contributed by atoms with Crippen LogP contribution in [0.4, 0.5) is 18.9 Å². The largest absolute Gasteiger partial charge is 0.493 e. The molecular formula is C23H24ClF3N2O3S. The van der Waals surface area contributed by atoms with Gasteiger partial charge in [-0.1, -0.05) is 36.8 Å². The Kier molecular flexibility index (Phi) is 8.07. The van der Waals surface area contributed by atoms with Gasteiger partial charge in [-0.3, -0.25) is 4.79 Å². The molecule has 178 valence electrons. The number of hydrogen-bond acceptors (Lipinski definition) is 4. The van der Waals surface area contributed by atoms with Gasteiger partial charge in [0.2, 0.25) is 0 Å². The van der Waals surface area contributed by atoms with Crippen molar-refractivity contribution in [2.24, 2.45) is 5.92 Å². The molecule has 0 aromatic heterocycles. The van der Waals surface area contributed by atoms with Gasteiger partial charge in [-0.25, -0.2) is 0 Å². The van der Waals surface area contributed by atoms with E-state index in [0.717, 1.165) is 38.1 Å². The third-order valence-corrected chi connectivity index (χ3v) is 6.14. The summed E-state index contributed by atoms with van der Waals surface area (Å²) in [7, 11) is 1.44. The molecule has 33 heavy (non-hydrogen) atoms. The van der Waals surface area contributed by atoms with E-state index in [4.69, 9.17) is 33.3 Å². The van der Waals surface area contributed by atoms with E-state index in [1.165, 1.54) is 19.2 Å². The molecule has 0 radical (unpaired) electrons. The van der Waals surface area contributed by atoms with Crippen LogP contribution in [0.2, 0.25) is 5.02 Å². The van der Waals surface area contributed by atoms with Gasteiger partial charge in [-0.05, 0) is 49.1 Å². The van der Waals surface area contributed by atoms with Gasteiger partial charge >= 0.3 is 6.18 Å². The zero-order valence-electron chi connectivity index (χ0n) is 18.2. The van der Waals surface area contributed by atoms with Crippen LogP contribution in [0, 0.1) is 5.92 Å². The van der Waals surface area contributed by atoms with Gasteiger partial charge in [0, 0.05) is 24.3 Å². The van der Waals surface area contributed by atoms with E-state index in [-0.39, 0.29) is 16.5 Å². The lowest BCUT2D eigenvalue weighted by molar-refractivity contribution is -0.137. The van der Waals surface area contributed by atoms with Gasteiger partial charge in [-0.2, -0.15) is 13.2 Å². The van der Waals surface area contributed by atoms with Gasteiger partial charge < -0.3 is 19.7 Å². The van der Waals surface area contributed by atoms with Crippen molar-refractivity contribution < 1.29 is 27.4 Å². The summed E-state index contributed by atoms with van der Waals surface area (Å²) < 4.78 is 49.5. The molecule has 1 saturated heterocycles. The molecule has 1 aliphatic rings. The summed E-state index contributed by atoms with van der Waals surface area (Å²) in [5.41, 5.74) is -0.143. The van der Waals surface area contributed by atoms with E-state index in [1.807, 2.05) is 0 Å². The number of likely N-dealkylation sites (tertiary alicyclic amines) is 1. The average molecular weight is 501 g/mol. The number of amides is 1. The van der Waals surface area contributed by atoms with Gasteiger partial charge in [0.05, 0.1) is 17.7 Å². The van der Waals surface area contributed by atoms with Crippen molar-refractivity contribution in [3.8, 4) is 11.5 Å². The highest BCUT2D eigenvalue weighted by atomic mass is 35.5. The summed E-state index contributed by atoms with van der Waals surface area (Å²) in [5.74, 6) is 0.476. The molecule has 0 atom stereocenters. The number of thiocarbonyl (C=S) groups is 1. The maximum Gasteiger partial charge on any atom is 0.416 e. The van der Waals surface area contributed by atoms with Crippen molar-refractivity contribution in [2.75, 3.05) is 32.1 Å². The average Bonchev–Trinajstić information content (AvgIpc) is 2.77. The monoisotopic (exact) mass is 500 g/mol. The molecule has 0 bridgehead atoms. The number of carbonyl (C=O) groups excluding carboxylic acids is 1. The summed E-state index contributed by atoms with van der Waals surface area (Å²) in [5, 5.41) is 2.59. The van der Waals surface area contributed by atoms with Crippen LogP contribution in [-0.2, 0) is 11.0 Å². The number of piperidine rings is 1. The third-order valence-electron chi connectivity index (χ3n) is 5.37. The normalized spacial score (nSPS) is 14.7.